The molecule has 2 aliphatic heterocycles. The van der Waals surface area contributed by atoms with Gasteiger partial charge in [0, 0.05) is 56.7 Å². The van der Waals surface area contributed by atoms with Gasteiger partial charge in [-0.15, -0.1) is 0 Å². The molecule has 0 saturated carbocycles. The molecule has 0 atom stereocenters. The number of carbonyl (C=O) groups is 1. The topological polar surface area (TPSA) is 83.5 Å². The zero-order valence-corrected chi connectivity index (χ0v) is 21.5. The van der Waals surface area contributed by atoms with Gasteiger partial charge in [-0.3, -0.25) is 14.9 Å². The summed E-state index contributed by atoms with van der Waals surface area (Å²) in [6, 6.07) is 6.43. The summed E-state index contributed by atoms with van der Waals surface area (Å²) >= 11 is 0. The number of nitro groups is 1. The van der Waals surface area contributed by atoms with Crippen LogP contribution in [0.4, 0.5) is 49.1 Å². The standard InChI is InChI=1S/C26H25F6N5O4/c1-33-22-4-2-17(14-20(22)25(27,28)29)35-10-12-36(13-11-35)24(38)16-41-19-6-8-34(9-7-19)18-3-5-23(37(39)40)21(15-18)26(30,31)32/h2-5,14-15,19H,6-13,16H2. The van der Waals surface area contributed by atoms with E-state index < -0.39 is 39.8 Å². The molecular weight excluding hydrogens is 560 g/mol. The van der Waals surface area contributed by atoms with E-state index in [1.54, 1.807) is 14.7 Å². The average molecular weight is 586 g/mol. The van der Waals surface area contributed by atoms with Gasteiger partial charge in [0.1, 0.15) is 12.2 Å². The summed E-state index contributed by atoms with van der Waals surface area (Å²) in [4.78, 5) is 30.5. The molecule has 2 aliphatic rings. The highest BCUT2D eigenvalue weighted by Crippen LogP contribution is 2.40. The Morgan fingerprint density at radius 2 is 1.44 bits per heavy atom. The second kappa shape index (κ2) is 11.8. The molecule has 2 aromatic rings. The number of nitrogens with zero attached hydrogens (tertiary/aromatic N) is 5. The number of amides is 1. The molecule has 220 valence electrons. The van der Waals surface area contributed by atoms with Gasteiger partial charge in [0.2, 0.25) is 5.91 Å². The van der Waals surface area contributed by atoms with Crippen molar-refractivity contribution < 1.29 is 40.8 Å². The molecule has 0 aromatic heterocycles. The lowest BCUT2D eigenvalue weighted by atomic mass is 10.1. The zero-order chi connectivity index (χ0) is 29.9. The van der Waals surface area contributed by atoms with E-state index in [2.05, 4.69) is 4.85 Å². The van der Waals surface area contributed by atoms with Gasteiger partial charge >= 0.3 is 12.4 Å². The van der Waals surface area contributed by atoms with Crippen LogP contribution < -0.4 is 9.80 Å². The molecule has 0 radical (unpaired) electrons. The third kappa shape index (κ3) is 6.99. The lowest BCUT2D eigenvalue weighted by Gasteiger charge is -2.37. The summed E-state index contributed by atoms with van der Waals surface area (Å²) < 4.78 is 85.6. The number of rotatable bonds is 6. The minimum Gasteiger partial charge on any atom is -0.371 e. The molecule has 0 N–H and O–H groups in total. The van der Waals surface area contributed by atoms with E-state index in [1.807, 2.05) is 0 Å². The van der Waals surface area contributed by atoms with Gasteiger partial charge in [-0.05, 0) is 37.1 Å². The maximum absolute atomic E-state index is 13.3. The Morgan fingerprint density at radius 1 is 0.902 bits per heavy atom. The minimum atomic E-state index is -4.87. The van der Waals surface area contributed by atoms with Crippen LogP contribution in [0.5, 0.6) is 0 Å². The molecule has 41 heavy (non-hydrogen) atoms. The van der Waals surface area contributed by atoms with Gasteiger partial charge in [0.25, 0.3) is 5.69 Å². The van der Waals surface area contributed by atoms with Gasteiger partial charge in [0.15, 0.2) is 5.69 Å². The largest absolute Gasteiger partial charge is 0.423 e. The van der Waals surface area contributed by atoms with E-state index in [-0.39, 0.29) is 37.4 Å². The molecule has 0 bridgehead atoms. The van der Waals surface area contributed by atoms with E-state index in [0.717, 1.165) is 24.3 Å². The number of piperidine rings is 1. The Labute approximate surface area is 230 Å². The van der Waals surface area contributed by atoms with Crippen LogP contribution >= 0.6 is 0 Å². The molecule has 0 unspecified atom stereocenters. The van der Waals surface area contributed by atoms with E-state index in [9.17, 15) is 41.3 Å². The molecule has 9 nitrogen and oxygen atoms in total. The van der Waals surface area contributed by atoms with Crippen molar-refractivity contribution >= 4 is 28.7 Å². The van der Waals surface area contributed by atoms with Crippen LogP contribution in [0.1, 0.15) is 24.0 Å². The normalized spacial score (nSPS) is 17.0. The Morgan fingerprint density at radius 3 is 1.98 bits per heavy atom. The van der Waals surface area contributed by atoms with Crippen LogP contribution in [-0.4, -0.2) is 67.7 Å². The van der Waals surface area contributed by atoms with E-state index in [4.69, 9.17) is 11.3 Å². The molecular formula is C26H25F6N5O4. The summed E-state index contributed by atoms with van der Waals surface area (Å²) in [6.07, 6.45) is -8.97. The fourth-order valence-corrected chi connectivity index (χ4v) is 4.93. The van der Waals surface area contributed by atoms with E-state index in [1.165, 1.54) is 12.1 Å². The van der Waals surface area contributed by atoms with Crippen LogP contribution in [-0.2, 0) is 21.9 Å². The Bertz CT molecular complexity index is 1330. The summed E-state index contributed by atoms with van der Waals surface area (Å²) in [5.41, 5.74) is -3.28. The quantitative estimate of drug-likeness (QED) is 0.192. The third-order valence-corrected chi connectivity index (χ3v) is 7.14. The number of ether oxygens (including phenoxy) is 1. The molecule has 2 fully saturated rings. The highest BCUT2D eigenvalue weighted by atomic mass is 19.4. The van der Waals surface area contributed by atoms with Crippen LogP contribution in [0.25, 0.3) is 4.85 Å². The average Bonchev–Trinajstić information content (AvgIpc) is 2.94. The van der Waals surface area contributed by atoms with Crippen molar-refractivity contribution in [2.75, 3.05) is 55.7 Å². The van der Waals surface area contributed by atoms with Gasteiger partial charge in [0.05, 0.1) is 23.2 Å². The van der Waals surface area contributed by atoms with Crippen LogP contribution in [0, 0.1) is 16.7 Å². The predicted molar refractivity (Wildman–Crippen MR) is 136 cm³/mol. The van der Waals surface area contributed by atoms with E-state index >= 15 is 0 Å². The highest BCUT2D eigenvalue weighted by Gasteiger charge is 2.39. The molecule has 4 rings (SSSR count). The SMILES string of the molecule is [C-]#[N+]c1ccc(N2CCN(C(=O)COC3CCN(c4ccc([N+](=O)[O-])c(C(F)(F)F)c4)CC3)CC2)cc1C(F)(F)F. The van der Waals surface area contributed by atoms with Crippen molar-refractivity contribution in [3.8, 4) is 0 Å². The van der Waals surface area contributed by atoms with Gasteiger partial charge in [-0.2, -0.15) is 26.3 Å². The van der Waals surface area contributed by atoms with Crippen molar-refractivity contribution in [3.63, 3.8) is 0 Å². The molecule has 0 spiro atoms. The summed E-state index contributed by atoms with van der Waals surface area (Å²) in [6.45, 7) is 8.56. The van der Waals surface area contributed by atoms with E-state index in [0.29, 0.717) is 44.7 Å². The summed E-state index contributed by atoms with van der Waals surface area (Å²) in [7, 11) is 0. The molecule has 1 amide bonds. The fraction of sp³-hybridized carbons (Fsp3) is 0.462. The first-order valence-corrected chi connectivity index (χ1v) is 12.6. The number of hydrogen-bond donors (Lipinski definition) is 0. The van der Waals surface area contributed by atoms with Crippen molar-refractivity contribution in [1.82, 2.24) is 4.90 Å². The van der Waals surface area contributed by atoms with Gasteiger partial charge < -0.3 is 19.4 Å². The highest BCUT2D eigenvalue weighted by molar-refractivity contribution is 5.78. The predicted octanol–water partition coefficient (Wildman–Crippen LogP) is 5.52. The molecule has 2 saturated heterocycles. The first-order chi connectivity index (χ1) is 19.3. The lowest BCUT2D eigenvalue weighted by molar-refractivity contribution is -0.388. The number of carbonyl (C=O) groups excluding carboxylic acids is 1. The number of hydrogen-bond acceptors (Lipinski definition) is 6. The van der Waals surface area contributed by atoms with Crippen molar-refractivity contribution in [3.05, 3.63) is 69.1 Å². The number of alkyl halides is 6. The Kier molecular flexibility index (Phi) is 8.62. The molecule has 2 heterocycles. The van der Waals surface area contributed by atoms with Crippen LogP contribution in [0.2, 0.25) is 0 Å². The summed E-state index contributed by atoms with van der Waals surface area (Å²) in [5, 5.41) is 11.0. The van der Waals surface area contributed by atoms with Crippen molar-refractivity contribution in [1.29, 1.82) is 0 Å². The molecule has 0 aliphatic carbocycles. The van der Waals surface area contributed by atoms with Crippen LogP contribution in [0.15, 0.2) is 36.4 Å². The number of piperazine rings is 1. The Hall–Kier alpha value is -4.06. The number of halogens is 6. The third-order valence-electron chi connectivity index (χ3n) is 7.14. The van der Waals surface area contributed by atoms with Crippen molar-refractivity contribution in [2.45, 2.75) is 31.3 Å². The number of benzene rings is 2. The van der Waals surface area contributed by atoms with Crippen LogP contribution in [0.3, 0.4) is 0 Å². The van der Waals surface area contributed by atoms with Gasteiger partial charge in [-0.25, -0.2) is 4.85 Å². The number of anilines is 2. The molecule has 15 heteroatoms. The maximum atomic E-state index is 13.3. The zero-order valence-electron chi connectivity index (χ0n) is 21.5. The monoisotopic (exact) mass is 585 g/mol. The van der Waals surface area contributed by atoms with Gasteiger partial charge in [-0.1, -0.05) is 6.07 Å². The summed E-state index contributed by atoms with van der Waals surface area (Å²) in [5.74, 6) is -0.281. The smallest absolute Gasteiger partial charge is 0.371 e. The Balaban J connectivity index is 1.26. The first-order valence-electron chi connectivity index (χ1n) is 12.6. The second-order valence-electron chi connectivity index (χ2n) is 9.63. The fourth-order valence-electron chi connectivity index (χ4n) is 4.93. The maximum Gasteiger partial charge on any atom is 0.423 e. The second-order valence-corrected chi connectivity index (χ2v) is 9.63. The minimum absolute atomic E-state index is 0.210. The molecule has 2 aromatic carbocycles. The lowest BCUT2D eigenvalue weighted by Crippen LogP contribution is -2.50. The number of nitro benzene ring substituents is 1. The first kappa shape index (κ1) is 29.9. The van der Waals surface area contributed by atoms with Crippen molar-refractivity contribution in [2.24, 2.45) is 0 Å².